The van der Waals surface area contributed by atoms with Crippen LogP contribution in [-0.4, -0.2) is 19.0 Å². The highest BCUT2D eigenvalue weighted by atomic mass is 16.5. The van der Waals surface area contributed by atoms with E-state index in [0.29, 0.717) is 5.92 Å². The van der Waals surface area contributed by atoms with Gasteiger partial charge in [0, 0.05) is 7.11 Å². The van der Waals surface area contributed by atoms with Gasteiger partial charge in [-0.1, -0.05) is 26.7 Å². The van der Waals surface area contributed by atoms with Crippen molar-refractivity contribution in [3.63, 3.8) is 0 Å². The number of methoxy groups -OCH3 is 1. The van der Waals surface area contributed by atoms with Crippen LogP contribution >= 0.6 is 0 Å². The predicted octanol–water partition coefficient (Wildman–Crippen LogP) is 2.81. The summed E-state index contributed by atoms with van der Waals surface area (Å²) in [5, 5.41) is 0. The summed E-state index contributed by atoms with van der Waals surface area (Å²) in [6, 6.07) is 0. The van der Waals surface area contributed by atoms with Crippen molar-refractivity contribution in [1.82, 2.24) is 0 Å². The topological polar surface area (TPSA) is 26.3 Å². The first-order chi connectivity index (χ1) is 6.25. The van der Waals surface area contributed by atoms with Gasteiger partial charge in [0.15, 0.2) is 5.78 Å². The number of rotatable bonds is 3. The van der Waals surface area contributed by atoms with E-state index in [1.54, 1.807) is 14.0 Å². The molecule has 0 amide bonds. The van der Waals surface area contributed by atoms with Crippen LogP contribution in [-0.2, 0) is 9.53 Å². The molecular weight excluding hydrogens is 164 g/mol. The Morgan fingerprint density at radius 2 is 1.77 bits per heavy atom. The quantitative estimate of drug-likeness (QED) is 0.677. The van der Waals surface area contributed by atoms with E-state index in [-0.39, 0.29) is 11.9 Å². The number of hydrogen-bond acceptors (Lipinski definition) is 2. The monoisotopic (exact) mass is 186 g/mol. The molecule has 0 aromatic heterocycles. The molecule has 0 saturated heterocycles. The molecule has 0 N–H and O–H groups in total. The van der Waals surface area contributed by atoms with E-state index in [0.717, 1.165) is 12.8 Å². The maximum Gasteiger partial charge on any atom is 0.158 e. The molecule has 1 aliphatic carbocycles. The zero-order chi connectivity index (χ0) is 10.3. The molecule has 1 aliphatic rings. The summed E-state index contributed by atoms with van der Waals surface area (Å²) < 4.78 is 5.15. The molecule has 0 heterocycles. The molecule has 0 aromatic rings. The van der Waals surface area contributed by atoms with E-state index in [1.165, 1.54) is 12.8 Å². The van der Waals surface area contributed by atoms with E-state index in [9.17, 15) is 4.79 Å². The summed E-state index contributed by atoms with van der Waals surface area (Å²) in [6.07, 6.45) is 4.73. The van der Waals surface area contributed by atoms with Crippen LogP contribution in [0.15, 0.2) is 0 Å². The Morgan fingerprint density at radius 1 is 1.31 bits per heavy atom. The maximum atomic E-state index is 11.0. The Kier molecular flexibility index (Phi) is 6.87. The van der Waals surface area contributed by atoms with Crippen molar-refractivity contribution in [3.05, 3.63) is 0 Å². The van der Waals surface area contributed by atoms with Crippen molar-refractivity contribution >= 4 is 5.78 Å². The Labute approximate surface area is 81.7 Å². The van der Waals surface area contributed by atoms with Crippen LogP contribution in [0.2, 0.25) is 0 Å². The van der Waals surface area contributed by atoms with Gasteiger partial charge in [0.2, 0.25) is 0 Å². The molecule has 0 radical (unpaired) electrons. The van der Waals surface area contributed by atoms with Crippen molar-refractivity contribution in [3.8, 4) is 0 Å². The molecule has 0 aliphatic heterocycles. The molecule has 2 heteroatoms. The van der Waals surface area contributed by atoms with Gasteiger partial charge in [-0.15, -0.1) is 0 Å². The van der Waals surface area contributed by atoms with Crippen molar-refractivity contribution < 1.29 is 9.53 Å². The fourth-order valence-corrected chi connectivity index (χ4v) is 1.95. The maximum absolute atomic E-state index is 11.0. The number of hydrogen-bond donors (Lipinski definition) is 0. The molecule has 1 unspecified atom stereocenters. The molecule has 0 aromatic carbocycles. The first-order valence-corrected chi connectivity index (χ1v) is 5.29. The molecule has 13 heavy (non-hydrogen) atoms. The molecule has 1 rings (SSSR count). The lowest BCUT2D eigenvalue weighted by Gasteiger charge is -2.18. The number of ketones is 1. The summed E-state index contributed by atoms with van der Waals surface area (Å²) in [5.74, 6) is 0.678. The number of carbonyl (C=O) groups excluding carboxylic acids is 1. The Hall–Kier alpha value is -0.370. The average molecular weight is 186 g/mol. The van der Waals surface area contributed by atoms with Crippen molar-refractivity contribution in [2.45, 2.75) is 52.6 Å². The first-order valence-electron chi connectivity index (χ1n) is 5.29. The molecule has 1 fully saturated rings. The minimum absolute atomic E-state index is 0.127. The van der Waals surface area contributed by atoms with Crippen molar-refractivity contribution in [2.24, 2.45) is 5.92 Å². The average Bonchev–Trinajstić information content (AvgIpc) is 2.62. The lowest BCUT2D eigenvalue weighted by atomic mass is 9.98. The number of Topliss-reactive ketones (excluding diaryl/α,β-unsaturated/α-hetero) is 1. The second-order valence-corrected chi connectivity index (χ2v) is 3.31. The molecule has 1 atom stereocenters. The third kappa shape index (κ3) is 3.90. The zero-order valence-electron chi connectivity index (χ0n) is 9.30. The summed E-state index contributed by atoms with van der Waals surface area (Å²) in [7, 11) is 1.63. The molecule has 2 nitrogen and oxygen atoms in total. The van der Waals surface area contributed by atoms with Gasteiger partial charge in [0.05, 0.1) is 0 Å². The molecule has 0 bridgehead atoms. The van der Waals surface area contributed by atoms with E-state index in [2.05, 4.69) is 0 Å². The highest BCUT2D eigenvalue weighted by molar-refractivity contribution is 5.80. The molecule has 0 spiro atoms. The summed E-state index contributed by atoms with van der Waals surface area (Å²) in [5.41, 5.74) is 0. The highest BCUT2D eigenvalue weighted by Gasteiger charge is 2.27. The largest absolute Gasteiger partial charge is 0.373 e. The predicted molar refractivity (Wildman–Crippen MR) is 54.8 cm³/mol. The minimum atomic E-state index is -0.127. The summed E-state index contributed by atoms with van der Waals surface area (Å²) in [4.78, 5) is 11.0. The Balaban J connectivity index is 0.000000671. The standard InChI is InChI=1S/C9H16O2.C2H6/c1-7(10)9(11-2)8-5-3-4-6-8;1-2/h8-9H,3-6H2,1-2H3;1-2H3. The van der Waals surface area contributed by atoms with E-state index < -0.39 is 0 Å². The van der Waals surface area contributed by atoms with Crippen LogP contribution in [0.25, 0.3) is 0 Å². The molecule has 78 valence electrons. The number of ether oxygens (including phenoxy) is 1. The summed E-state index contributed by atoms with van der Waals surface area (Å²) in [6.45, 7) is 5.62. The van der Waals surface area contributed by atoms with E-state index in [1.807, 2.05) is 13.8 Å². The van der Waals surface area contributed by atoms with Gasteiger partial charge in [-0.25, -0.2) is 0 Å². The van der Waals surface area contributed by atoms with E-state index >= 15 is 0 Å². The highest BCUT2D eigenvalue weighted by Crippen LogP contribution is 2.29. The first kappa shape index (κ1) is 12.6. The fourth-order valence-electron chi connectivity index (χ4n) is 1.95. The van der Waals surface area contributed by atoms with Gasteiger partial charge in [-0.3, -0.25) is 4.79 Å². The third-order valence-electron chi connectivity index (χ3n) is 2.48. The van der Waals surface area contributed by atoms with Crippen LogP contribution in [0.4, 0.5) is 0 Å². The third-order valence-corrected chi connectivity index (χ3v) is 2.48. The second-order valence-electron chi connectivity index (χ2n) is 3.31. The van der Waals surface area contributed by atoms with Crippen molar-refractivity contribution in [2.75, 3.05) is 7.11 Å². The zero-order valence-corrected chi connectivity index (χ0v) is 9.30. The fraction of sp³-hybridized carbons (Fsp3) is 0.909. The minimum Gasteiger partial charge on any atom is -0.373 e. The van der Waals surface area contributed by atoms with E-state index in [4.69, 9.17) is 4.74 Å². The normalized spacial score (nSPS) is 19.1. The summed E-state index contributed by atoms with van der Waals surface area (Å²) >= 11 is 0. The Morgan fingerprint density at radius 3 is 2.08 bits per heavy atom. The van der Waals surface area contributed by atoms with Gasteiger partial charge in [0.25, 0.3) is 0 Å². The van der Waals surface area contributed by atoms with Crippen LogP contribution in [0.3, 0.4) is 0 Å². The smallest absolute Gasteiger partial charge is 0.158 e. The van der Waals surface area contributed by atoms with Crippen LogP contribution in [0.5, 0.6) is 0 Å². The SMILES string of the molecule is CC.COC(C(C)=O)C1CCCC1. The second kappa shape index (κ2) is 7.07. The van der Waals surface area contributed by atoms with Gasteiger partial charge in [-0.2, -0.15) is 0 Å². The van der Waals surface area contributed by atoms with Crippen LogP contribution in [0, 0.1) is 5.92 Å². The van der Waals surface area contributed by atoms with Gasteiger partial charge in [-0.05, 0) is 25.7 Å². The Bertz CT molecular complexity index is 137. The van der Waals surface area contributed by atoms with Crippen molar-refractivity contribution in [1.29, 1.82) is 0 Å². The number of carbonyl (C=O) groups is 1. The lowest BCUT2D eigenvalue weighted by molar-refractivity contribution is -0.129. The van der Waals surface area contributed by atoms with Gasteiger partial charge < -0.3 is 4.74 Å². The molecule has 1 saturated carbocycles. The lowest BCUT2D eigenvalue weighted by Crippen LogP contribution is -2.27. The van der Waals surface area contributed by atoms with Gasteiger partial charge in [0.1, 0.15) is 6.10 Å². The van der Waals surface area contributed by atoms with Crippen LogP contribution < -0.4 is 0 Å². The molecular formula is C11H22O2. The van der Waals surface area contributed by atoms with Crippen LogP contribution in [0.1, 0.15) is 46.5 Å². The van der Waals surface area contributed by atoms with Gasteiger partial charge >= 0.3 is 0 Å².